The summed E-state index contributed by atoms with van der Waals surface area (Å²) in [6.45, 7) is -0.645. The summed E-state index contributed by atoms with van der Waals surface area (Å²) in [5.74, 6) is 0.368. The van der Waals surface area contributed by atoms with E-state index in [0.717, 1.165) is 46.0 Å². The Morgan fingerprint density at radius 3 is 2.26 bits per heavy atom. The molecule has 1 atom stereocenters. The summed E-state index contributed by atoms with van der Waals surface area (Å²) in [7, 11) is -3.95. The summed E-state index contributed by atoms with van der Waals surface area (Å²) in [6.07, 6.45) is 6.70. The Hall–Kier alpha value is -2.76. The maximum Gasteiger partial charge on any atom is 0.325 e. The number of hydrogen-bond donors (Lipinski definition) is 2. The van der Waals surface area contributed by atoms with Crippen molar-refractivity contribution >= 4 is 39.3 Å². The van der Waals surface area contributed by atoms with Crippen LogP contribution in [0.25, 0.3) is 0 Å². The third kappa shape index (κ3) is 4.87. The Kier molecular flexibility index (Phi) is 6.56. The lowest BCUT2D eigenvalue weighted by Crippen LogP contribution is -2.62. The highest BCUT2D eigenvalue weighted by Gasteiger charge is 2.51. The largest absolute Gasteiger partial charge is 0.454 e. The summed E-state index contributed by atoms with van der Waals surface area (Å²) in [4.78, 5) is 38.3. The minimum absolute atomic E-state index is 0.0237. The van der Waals surface area contributed by atoms with Gasteiger partial charge in [-0.15, -0.1) is 11.3 Å². The molecule has 4 fully saturated rings. The molecular weight excluding hydrogens is 526 g/mol. The van der Waals surface area contributed by atoms with Crippen molar-refractivity contribution in [2.24, 2.45) is 17.8 Å². The van der Waals surface area contributed by atoms with Crippen LogP contribution in [0.15, 0.2) is 46.0 Å². The van der Waals surface area contributed by atoms with Crippen molar-refractivity contribution in [1.82, 2.24) is 14.9 Å². The fourth-order valence-electron chi connectivity index (χ4n) is 7.41. The van der Waals surface area contributed by atoms with Gasteiger partial charge in [0.1, 0.15) is 10.3 Å². The quantitative estimate of drug-likeness (QED) is 0.526. The molecule has 5 aliphatic rings. The molecule has 38 heavy (non-hydrogen) atoms. The standard InChI is InChI=1S/C27H31N3O6S2/c31-23(28-26(33)29-27-12-17-8-18(13-27)10-19(9-17)14-27)16-36-25(32)22-11-20-4-1-2-5-21(20)15-30(22)38(34,35)24-6-3-7-37-24/h1-7,17-19,22H,8-16H2,(H2,28,29,31,33)/t17?,18?,19?,22-,27?/m1/s1. The van der Waals surface area contributed by atoms with E-state index >= 15 is 0 Å². The number of carbonyl (C=O) groups excluding carboxylic acids is 3. The van der Waals surface area contributed by atoms with Gasteiger partial charge in [-0.25, -0.2) is 13.2 Å². The normalized spacial score (nSPS) is 29.9. The fourth-order valence-corrected chi connectivity index (χ4v) is 10.1. The molecule has 2 N–H and O–H groups in total. The minimum atomic E-state index is -3.95. The zero-order valence-corrected chi connectivity index (χ0v) is 22.6. The zero-order chi connectivity index (χ0) is 26.5. The van der Waals surface area contributed by atoms with E-state index in [2.05, 4.69) is 10.6 Å². The Morgan fingerprint density at radius 1 is 0.974 bits per heavy atom. The summed E-state index contributed by atoms with van der Waals surface area (Å²) >= 11 is 1.08. The molecule has 7 rings (SSSR count). The van der Waals surface area contributed by atoms with Crippen molar-refractivity contribution in [1.29, 1.82) is 0 Å². The number of nitrogens with zero attached hydrogens (tertiary/aromatic N) is 1. The van der Waals surface area contributed by atoms with Gasteiger partial charge < -0.3 is 10.1 Å². The number of carbonyl (C=O) groups is 3. The number of nitrogens with one attached hydrogen (secondary N) is 2. The van der Waals surface area contributed by atoms with E-state index in [1.807, 2.05) is 24.3 Å². The first-order valence-corrected chi connectivity index (χ1v) is 15.4. The maximum absolute atomic E-state index is 13.4. The van der Waals surface area contributed by atoms with Gasteiger partial charge in [0.05, 0.1) is 0 Å². The Bertz CT molecular complexity index is 1320. The van der Waals surface area contributed by atoms with Crippen molar-refractivity contribution < 1.29 is 27.5 Å². The van der Waals surface area contributed by atoms with Gasteiger partial charge in [-0.2, -0.15) is 4.31 Å². The second-order valence-corrected chi connectivity index (χ2v) is 14.3. The highest BCUT2D eigenvalue weighted by molar-refractivity contribution is 7.91. The number of imide groups is 1. The van der Waals surface area contributed by atoms with Crippen LogP contribution in [0, 0.1) is 17.8 Å². The first-order valence-electron chi connectivity index (χ1n) is 13.1. The lowest BCUT2D eigenvalue weighted by molar-refractivity contribution is -0.152. The molecule has 9 nitrogen and oxygen atoms in total. The van der Waals surface area contributed by atoms with Crippen LogP contribution in [0.2, 0.25) is 0 Å². The monoisotopic (exact) mass is 557 g/mol. The van der Waals surface area contributed by atoms with Crippen LogP contribution in [-0.4, -0.2) is 48.8 Å². The van der Waals surface area contributed by atoms with E-state index in [-0.39, 0.29) is 22.7 Å². The van der Waals surface area contributed by atoms with Crippen LogP contribution in [-0.2, 0) is 37.3 Å². The third-order valence-electron chi connectivity index (χ3n) is 8.55. The minimum Gasteiger partial charge on any atom is -0.454 e. The molecule has 0 saturated heterocycles. The van der Waals surface area contributed by atoms with Crippen LogP contribution in [0.3, 0.4) is 0 Å². The summed E-state index contributed by atoms with van der Waals surface area (Å²) in [5, 5.41) is 7.02. The fraction of sp³-hybridized carbons (Fsp3) is 0.519. The molecule has 4 saturated carbocycles. The molecule has 202 valence electrons. The molecule has 11 heteroatoms. The maximum atomic E-state index is 13.4. The number of fused-ring (bicyclic) bond motifs is 1. The second kappa shape index (κ2) is 9.77. The van der Waals surface area contributed by atoms with Crippen molar-refractivity contribution in [3.05, 3.63) is 52.9 Å². The number of benzene rings is 1. The lowest BCUT2D eigenvalue weighted by Gasteiger charge is -2.56. The van der Waals surface area contributed by atoms with Crippen LogP contribution in [0.1, 0.15) is 49.7 Å². The van der Waals surface area contributed by atoms with Gasteiger partial charge in [0, 0.05) is 18.5 Å². The SMILES string of the molecule is O=C(COC(=O)[C@H]1Cc2ccccc2CN1S(=O)(=O)c1cccs1)NC(=O)NC12CC3CC(CC(C3)C1)C2. The highest BCUT2D eigenvalue weighted by Crippen LogP contribution is 2.55. The number of esters is 1. The van der Waals surface area contributed by atoms with Gasteiger partial charge in [0.25, 0.3) is 15.9 Å². The van der Waals surface area contributed by atoms with Gasteiger partial charge in [-0.3, -0.25) is 14.9 Å². The second-order valence-electron chi connectivity index (χ2n) is 11.3. The molecular formula is C27H31N3O6S2. The van der Waals surface area contributed by atoms with Crippen LogP contribution in [0.4, 0.5) is 4.79 Å². The third-order valence-corrected chi connectivity index (χ3v) is 11.8. The number of hydrogen-bond acceptors (Lipinski definition) is 7. The van der Waals surface area contributed by atoms with Gasteiger partial charge in [0.2, 0.25) is 0 Å². The molecule has 4 aliphatic carbocycles. The first kappa shape index (κ1) is 25.5. The van der Waals surface area contributed by atoms with E-state index in [0.29, 0.717) is 17.8 Å². The van der Waals surface area contributed by atoms with Crippen LogP contribution < -0.4 is 10.6 Å². The molecule has 1 aromatic carbocycles. The molecule has 0 spiro atoms. The first-order chi connectivity index (χ1) is 18.2. The molecule has 0 radical (unpaired) electrons. The molecule has 1 aliphatic heterocycles. The molecule has 1 aromatic heterocycles. The molecule has 2 aromatic rings. The van der Waals surface area contributed by atoms with Crippen molar-refractivity contribution in [3.8, 4) is 0 Å². The van der Waals surface area contributed by atoms with E-state index in [9.17, 15) is 22.8 Å². The molecule has 4 bridgehead atoms. The average Bonchev–Trinajstić information content (AvgIpc) is 3.41. The predicted molar refractivity (Wildman–Crippen MR) is 140 cm³/mol. The number of ether oxygens (including phenoxy) is 1. The van der Waals surface area contributed by atoms with Crippen molar-refractivity contribution in [2.45, 2.75) is 67.3 Å². The number of thiophene rings is 1. The summed E-state index contributed by atoms with van der Waals surface area (Å²) in [5.41, 5.74) is 1.42. The highest BCUT2D eigenvalue weighted by atomic mass is 32.2. The van der Waals surface area contributed by atoms with Gasteiger partial charge >= 0.3 is 12.0 Å². The lowest BCUT2D eigenvalue weighted by atomic mass is 9.53. The number of amides is 3. The van der Waals surface area contributed by atoms with Gasteiger partial charge in [-0.1, -0.05) is 30.3 Å². The van der Waals surface area contributed by atoms with E-state index in [4.69, 9.17) is 4.74 Å². The van der Waals surface area contributed by atoms with Crippen LogP contribution >= 0.6 is 11.3 Å². The van der Waals surface area contributed by atoms with Crippen molar-refractivity contribution in [2.75, 3.05) is 6.61 Å². The number of urea groups is 1. The molecule has 3 amide bonds. The molecule has 0 unspecified atom stereocenters. The Morgan fingerprint density at radius 2 is 1.63 bits per heavy atom. The Balaban J connectivity index is 1.09. The van der Waals surface area contributed by atoms with Gasteiger partial charge in [0.15, 0.2) is 6.61 Å². The smallest absolute Gasteiger partial charge is 0.325 e. The van der Waals surface area contributed by atoms with Gasteiger partial charge in [-0.05, 0) is 78.9 Å². The van der Waals surface area contributed by atoms with E-state index in [1.54, 1.807) is 11.4 Å². The van der Waals surface area contributed by atoms with Crippen molar-refractivity contribution in [3.63, 3.8) is 0 Å². The topological polar surface area (TPSA) is 122 Å². The van der Waals surface area contributed by atoms with E-state index < -0.39 is 40.6 Å². The summed E-state index contributed by atoms with van der Waals surface area (Å²) < 4.78 is 33.2. The number of rotatable bonds is 6. The van der Waals surface area contributed by atoms with Crippen LogP contribution in [0.5, 0.6) is 0 Å². The zero-order valence-electron chi connectivity index (χ0n) is 20.9. The summed E-state index contributed by atoms with van der Waals surface area (Å²) in [6, 6.07) is 8.80. The number of sulfonamides is 1. The van der Waals surface area contributed by atoms with E-state index in [1.165, 1.54) is 25.3 Å². The average molecular weight is 558 g/mol. The predicted octanol–water partition coefficient (Wildman–Crippen LogP) is 3.20. The Labute approximate surface area is 226 Å². The molecule has 2 heterocycles.